The molecular formula is C20H24BrClN2O4S. The fraction of sp³-hybridized carbons (Fsp3) is 0.350. The topological polar surface area (TPSA) is 84.5 Å². The molecule has 0 unspecified atom stereocenters. The molecule has 0 fully saturated rings. The van der Waals surface area contributed by atoms with Crippen molar-refractivity contribution in [3.63, 3.8) is 0 Å². The van der Waals surface area contributed by atoms with E-state index in [0.717, 1.165) is 27.7 Å². The lowest BCUT2D eigenvalue weighted by atomic mass is 10.1. The van der Waals surface area contributed by atoms with Crippen LogP contribution in [0.4, 0.5) is 5.69 Å². The minimum Gasteiger partial charge on any atom is -0.482 e. The molecule has 29 heavy (non-hydrogen) atoms. The van der Waals surface area contributed by atoms with Crippen LogP contribution in [0.15, 0.2) is 39.7 Å². The number of anilines is 1. The monoisotopic (exact) mass is 502 g/mol. The highest BCUT2D eigenvalue weighted by Gasteiger charge is 2.16. The van der Waals surface area contributed by atoms with Gasteiger partial charge in [-0.3, -0.25) is 4.79 Å². The molecule has 0 radical (unpaired) electrons. The van der Waals surface area contributed by atoms with Gasteiger partial charge in [0.2, 0.25) is 10.0 Å². The number of hydrogen-bond acceptors (Lipinski definition) is 4. The highest BCUT2D eigenvalue weighted by Crippen LogP contribution is 2.28. The van der Waals surface area contributed by atoms with Gasteiger partial charge in [-0.25, -0.2) is 13.1 Å². The van der Waals surface area contributed by atoms with Gasteiger partial charge < -0.3 is 10.1 Å². The third-order valence-corrected chi connectivity index (χ3v) is 6.35. The summed E-state index contributed by atoms with van der Waals surface area (Å²) in [4.78, 5) is 12.4. The van der Waals surface area contributed by atoms with E-state index in [2.05, 4.69) is 26.0 Å². The first-order chi connectivity index (χ1) is 13.7. The van der Waals surface area contributed by atoms with Crippen LogP contribution in [0.25, 0.3) is 0 Å². The molecule has 0 bridgehead atoms. The molecule has 158 valence electrons. The van der Waals surface area contributed by atoms with Gasteiger partial charge in [0.15, 0.2) is 6.61 Å². The molecule has 6 nitrogen and oxygen atoms in total. The molecule has 0 spiro atoms. The largest absolute Gasteiger partial charge is 0.482 e. The maximum atomic E-state index is 12.4. The Morgan fingerprint density at radius 1 is 1.21 bits per heavy atom. The Balaban J connectivity index is 2.06. The van der Waals surface area contributed by atoms with E-state index >= 15 is 0 Å². The van der Waals surface area contributed by atoms with E-state index in [9.17, 15) is 13.2 Å². The van der Waals surface area contributed by atoms with E-state index in [-0.39, 0.29) is 28.2 Å². The summed E-state index contributed by atoms with van der Waals surface area (Å²) < 4.78 is 33.2. The van der Waals surface area contributed by atoms with E-state index in [1.54, 1.807) is 0 Å². The Morgan fingerprint density at radius 2 is 1.93 bits per heavy atom. The first-order valence-corrected chi connectivity index (χ1v) is 11.8. The van der Waals surface area contributed by atoms with Gasteiger partial charge in [-0.2, -0.15) is 0 Å². The zero-order chi connectivity index (χ0) is 21.6. The van der Waals surface area contributed by atoms with E-state index < -0.39 is 10.0 Å². The predicted octanol–water partition coefficient (Wildman–Crippen LogP) is 4.68. The van der Waals surface area contributed by atoms with Gasteiger partial charge in [0.1, 0.15) is 5.75 Å². The second-order valence-electron chi connectivity index (χ2n) is 6.44. The van der Waals surface area contributed by atoms with Gasteiger partial charge in [-0.05, 0) is 61.2 Å². The molecule has 0 heterocycles. The summed E-state index contributed by atoms with van der Waals surface area (Å²) >= 11 is 9.61. The van der Waals surface area contributed by atoms with Crippen molar-refractivity contribution in [2.75, 3.05) is 18.5 Å². The molecule has 0 saturated carbocycles. The molecular weight excluding hydrogens is 480 g/mol. The van der Waals surface area contributed by atoms with Gasteiger partial charge in [0.25, 0.3) is 5.91 Å². The quantitative estimate of drug-likeness (QED) is 0.520. The normalized spacial score (nSPS) is 11.3. The highest BCUT2D eigenvalue weighted by atomic mass is 79.9. The Labute approximate surface area is 185 Å². The van der Waals surface area contributed by atoms with Gasteiger partial charge >= 0.3 is 0 Å². The summed E-state index contributed by atoms with van der Waals surface area (Å²) in [7, 11) is -3.62. The van der Waals surface area contributed by atoms with Crippen LogP contribution < -0.4 is 14.8 Å². The summed E-state index contributed by atoms with van der Waals surface area (Å²) in [6.45, 7) is 5.89. The second kappa shape index (κ2) is 10.4. The molecule has 9 heteroatoms. The van der Waals surface area contributed by atoms with Crippen LogP contribution in [0.2, 0.25) is 5.02 Å². The Kier molecular flexibility index (Phi) is 8.51. The fourth-order valence-electron chi connectivity index (χ4n) is 2.67. The number of hydrogen-bond donors (Lipinski definition) is 2. The van der Waals surface area contributed by atoms with Crippen molar-refractivity contribution >= 4 is 49.1 Å². The average molecular weight is 504 g/mol. The van der Waals surface area contributed by atoms with Gasteiger partial charge in [-0.15, -0.1) is 0 Å². The molecule has 0 saturated heterocycles. The maximum absolute atomic E-state index is 12.4. The van der Waals surface area contributed by atoms with Crippen molar-refractivity contribution in [2.45, 2.75) is 38.5 Å². The van der Waals surface area contributed by atoms with Crippen LogP contribution in [-0.4, -0.2) is 27.5 Å². The molecule has 0 aromatic heterocycles. The lowest BCUT2D eigenvalue weighted by Gasteiger charge is -2.15. The zero-order valence-electron chi connectivity index (χ0n) is 16.5. The number of carbonyl (C=O) groups excluding carboxylic acids is 1. The molecule has 0 aliphatic rings. The summed E-state index contributed by atoms with van der Waals surface area (Å²) in [5.41, 5.74) is 2.72. The number of aryl methyl sites for hydroxylation is 2. The van der Waals surface area contributed by atoms with Gasteiger partial charge in [0, 0.05) is 16.7 Å². The van der Waals surface area contributed by atoms with Crippen LogP contribution in [-0.2, 0) is 21.2 Å². The van der Waals surface area contributed by atoms with Gasteiger partial charge in [0.05, 0.1) is 9.92 Å². The predicted molar refractivity (Wildman–Crippen MR) is 119 cm³/mol. The first-order valence-electron chi connectivity index (χ1n) is 9.18. The number of benzene rings is 2. The van der Waals surface area contributed by atoms with E-state index in [4.69, 9.17) is 16.3 Å². The van der Waals surface area contributed by atoms with Crippen LogP contribution in [0, 0.1) is 6.92 Å². The van der Waals surface area contributed by atoms with Crippen LogP contribution in [0.3, 0.4) is 0 Å². The third kappa shape index (κ3) is 6.44. The van der Waals surface area contributed by atoms with E-state index in [1.807, 2.05) is 32.9 Å². The van der Waals surface area contributed by atoms with Gasteiger partial charge in [-0.1, -0.05) is 41.4 Å². The maximum Gasteiger partial charge on any atom is 0.262 e. The molecule has 0 aliphatic heterocycles. The van der Waals surface area contributed by atoms with E-state index in [1.165, 1.54) is 18.2 Å². The molecule has 2 rings (SSSR count). The molecule has 1 amide bonds. The second-order valence-corrected chi connectivity index (χ2v) is 9.53. The molecule has 0 aliphatic carbocycles. The molecule has 2 aromatic carbocycles. The first kappa shape index (κ1) is 23.7. The van der Waals surface area contributed by atoms with Crippen molar-refractivity contribution in [1.82, 2.24) is 4.72 Å². The van der Waals surface area contributed by atoms with Crippen molar-refractivity contribution in [1.29, 1.82) is 0 Å². The smallest absolute Gasteiger partial charge is 0.262 e. The lowest BCUT2D eigenvalue weighted by molar-refractivity contribution is -0.118. The summed E-state index contributed by atoms with van der Waals surface area (Å²) in [5.74, 6) is -0.0954. The highest BCUT2D eigenvalue weighted by molar-refractivity contribution is 9.10. The van der Waals surface area contributed by atoms with Crippen molar-refractivity contribution in [2.24, 2.45) is 0 Å². The molecule has 2 aromatic rings. The minimum absolute atomic E-state index is 0.0471. The number of amides is 1. The van der Waals surface area contributed by atoms with Crippen molar-refractivity contribution in [3.05, 3.63) is 51.0 Å². The number of carbonyl (C=O) groups is 1. The minimum atomic E-state index is -3.62. The van der Waals surface area contributed by atoms with E-state index in [0.29, 0.717) is 13.0 Å². The number of nitrogens with one attached hydrogen (secondary N) is 2. The fourth-order valence-corrected chi connectivity index (χ4v) is 4.75. The standard InChI is InChI=1S/C20H24BrClN2O4S/c1-4-8-23-29(26,27)16-6-7-18(17(22)11-16)28-12-19(25)24-20-13(3)9-15(21)10-14(20)5-2/h6-7,9-11,23H,4-5,8,12H2,1-3H3,(H,24,25). The average Bonchev–Trinajstić information content (AvgIpc) is 2.67. The third-order valence-electron chi connectivity index (χ3n) is 4.14. The Morgan fingerprint density at radius 3 is 2.55 bits per heavy atom. The van der Waals surface area contributed by atoms with Crippen LogP contribution >= 0.6 is 27.5 Å². The summed E-state index contributed by atoms with van der Waals surface area (Å²) in [5, 5.41) is 2.99. The van der Waals surface area contributed by atoms with Crippen LogP contribution in [0.1, 0.15) is 31.4 Å². The lowest BCUT2D eigenvalue weighted by Crippen LogP contribution is -2.24. The Hall–Kier alpha value is -1.61. The van der Waals surface area contributed by atoms with Crippen molar-refractivity contribution in [3.8, 4) is 5.75 Å². The SMILES string of the molecule is CCCNS(=O)(=O)c1ccc(OCC(=O)Nc2c(C)cc(Br)cc2CC)c(Cl)c1. The number of sulfonamides is 1. The zero-order valence-corrected chi connectivity index (χ0v) is 19.7. The molecule has 0 atom stereocenters. The number of halogens is 2. The molecule has 2 N–H and O–H groups in total. The number of rotatable bonds is 9. The van der Waals surface area contributed by atoms with Crippen molar-refractivity contribution < 1.29 is 17.9 Å². The van der Waals surface area contributed by atoms with Crippen LogP contribution in [0.5, 0.6) is 5.75 Å². The Bertz CT molecular complexity index is 996. The number of ether oxygens (including phenoxy) is 1. The summed E-state index contributed by atoms with van der Waals surface area (Å²) in [6.07, 6.45) is 1.45. The summed E-state index contributed by atoms with van der Waals surface area (Å²) in [6, 6.07) is 8.04.